The molecule has 0 aromatic heterocycles. The first-order valence-corrected chi connectivity index (χ1v) is 7.64. The van der Waals surface area contributed by atoms with Crippen molar-refractivity contribution in [2.24, 2.45) is 5.92 Å². The molecular weight excluding hydrogens is 295 g/mol. The molecule has 20 heavy (non-hydrogen) atoms. The highest BCUT2D eigenvalue weighted by Gasteiger charge is 2.14. The minimum absolute atomic E-state index is 0.00207. The van der Waals surface area contributed by atoms with Gasteiger partial charge in [0.2, 0.25) is 5.91 Å². The molecule has 2 N–H and O–H groups in total. The number of hydrogen-bond donors (Lipinski definition) is 2. The van der Waals surface area contributed by atoms with Gasteiger partial charge in [-0.25, -0.2) is 0 Å². The van der Waals surface area contributed by atoms with Gasteiger partial charge in [-0.3, -0.25) is 4.79 Å². The van der Waals surface area contributed by atoms with Gasteiger partial charge in [0.25, 0.3) is 0 Å². The van der Waals surface area contributed by atoms with E-state index in [0.29, 0.717) is 22.5 Å². The molecule has 1 aromatic rings. The number of carbonyl (C=O) groups excluding carboxylic acids is 1. The van der Waals surface area contributed by atoms with E-state index in [-0.39, 0.29) is 18.5 Å². The van der Waals surface area contributed by atoms with E-state index < -0.39 is 0 Å². The summed E-state index contributed by atoms with van der Waals surface area (Å²) < 4.78 is 0. The lowest BCUT2D eigenvalue weighted by molar-refractivity contribution is -0.120. The fourth-order valence-corrected chi connectivity index (χ4v) is 2.39. The topological polar surface area (TPSA) is 41.1 Å². The molecule has 0 spiro atoms. The third-order valence-corrected chi connectivity index (χ3v) is 3.53. The first-order valence-electron chi connectivity index (χ1n) is 6.89. The summed E-state index contributed by atoms with van der Waals surface area (Å²) in [6.45, 7) is 7.16. The summed E-state index contributed by atoms with van der Waals surface area (Å²) in [7, 11) is 0. The Hall–Kier alpha value is -0.770. The predicted molar refractivity (Wildman–Crippen MR) is 85.3 cm³/mol. The highest BCUT2D eigenvalue weighted by Crippen LogP contribution is 2.27. The lowest BCUT2D eigenvalue weighted by atomic mass is 10.0. The Bertz CT molecular complexity index is 449. The van der Waals surface area contributed by atoms with Crippen LogP contribution in [-0.2, 0) is 4.79 Å². The summed E-state index contributed by atoms with van der Waals surface area (Å²) in [5.74, 6) is 0.453. The van der Waals surface area contributed by atoms with Gasteiger partial charge in [0.1, 0.15) is 0 Å². The van der Waals surface area contributed by atoms with E-state index in [1.807, 2.05) is 12.1 Å². The normalized spacial score (nSPS) is 12.5. The van der Waals surface area contributed by atoms with Gasteiger partial charge in [-0.15, -0.1) is 0 Å². The van der Waals surface area contributed by atoms with Crippen LogP contribution in [0.4, 0.5) is 0 Å². The van der Waals surface area contributed by atoms with Crippen molar-refractivity contribution in [3.05, 3.63) is 33.8 Å². The van der Waals surface area contributed by atoms with Crippen molar-refractivity contribution in [2.45, 2.75) is 33.2 Å². The Labute approximate surface area is 131 Å². The minimum atomic E-state index is 0.00207. The Kier molecular flexibility index (Phi) is 7.35. The van der Waals surface area contributed by atoms with Crippen LogP contribution in [0.3, 0.4) is 0 Å². The maximum Gasteiger partial charge on any atom is 0.233 e. The maximum atomic E-state index is 11.7. The largest absolute Gasteiger partial charge is 0.355 e. The maximum absolute atomic E-state index is 11.7. The predicted octanol–water partition coefficient (Wildman–Crippen LogP) is 3.81. The van der Waals surface area contributed by atoms with Crippen molar-refractivity contribution in [3.63, 3.8) is 0 Å². The molecule has 1 amide bonds. The van der Waals surface area contributed by atoms with E-state index in [0.717, 1.165) is 12.0 Å². The highest BCUT2D eigenvalue weighted by atomic mass is 35.5. The van der Waals surface area contributed by atoms with E-state index in [4.69, 9.17) is 23.2 Å². The monoisotopic (exact) mass is 316 g/mol. The second-order valence-corrected chi connectivity index (χ2v) is 6.05. The minimum Gasteiger partial charge on any atom is -0.355 e. The van der Waals surface area contributed by atoms with Gasteiger partial charge in [0.05, 0.1) is 6.54 Å². The molecule has 1 atom stereocenters. The second-order valence-electron chi connectivity index (χ2n) is 5.21. The zero-order valence-corrected chi connectivity index (χ0v) is 13.7. The van der Waals surface area contributed by atoms with Gasteiger partial charge in [-0.1, -0.05) is 50.0 Å². The third kappa shape index (κ3) is 5.70. The van der Waals surface area contributed by atoms with E-state index in [2.05, 4.69) is 31.4 Å². The SMILES string of the molecule is CCC(NCC(=O)NCC(C)C)c1ccc(Cl)cc1Cl. The van der Waals surface area contributed by atoms with Gasteiger partial charge in [0.15, 0.2) is 0 Å². The van der Waals surface area contributed by atoms with Crippen molar-refractivity contribution in [3.8, 4) is 0 Å². The number of carbonyl (C=O) groups is 1. The van der Waals surface area contributed by atoms with Crippen LogP contribution >= 0.6 is 23.2 Å². The first kappa shape index (κ1) is 17.3. The van der Waals surface area contributed by atoms with Crippen LogP contribution in [0.15, 0.2) is 18.2 Å². The second kappa shape index (κ2) is 8.50. The van der Waals surface area contributed by atoms with Gasteiger partial charge in [0, 0.05) is 22.6 Å². The highest BCUT2D eigenvalue weighted by molar-refractivity contribution is 6.35. The van der Waals surface area contributed by atoms with Gasteiger partial charge < -0.3 is 10.6 Å². The Morgan fingerprint density at radius 2 is 2.00 bits per heavy atom. The molecular formula is C15H22Cl2N2O. The summed E-state index contributed by atoms with van der Waals surface area (Å²) >= 11 is 12.1. The quantitative estimate of drug-likeness (QED) is 0.803. The molecule has 0 heterocycles. The summed E-state index contributed by atoms with van der Waals surface area (Å²) in [6.07, 6.45) is 0.846. The van der Waals surface area contributed by atoms with Gasteiger partial charge in [-0.05, 0) is 30.0 Å². The van der Waals surface area contributed by atoms with E-state index in [9.17, 15) is 4.79 Å². The molecule has 112 valence electrons. The van der Waals surface area contributed by atoms with Crippen molar-refractivity contribution < 1.29 is 4.79 Å². The van der Waals surface area contributed by atoms with Crippen LogP contribution in [0.2, 0.25) is 10.0 Å². The molecule has 0 aliphatic rings. The first-order chi connectivity index (χ1) is 9.43. The summed E-state index contributed by atoms with van der Waals surface area (Å²) in [5, 5.41) is 7.35. The Morgan fingerprint density at radius 1 is 1.30 bits per heavy atom. The van der Waals surface area contributed by atoms with Crippen LogP contribution in [0.1, 0.15) is 38.8 Å². The molecule has 1 unspecified atom stereocenters. The standard InChI is InChI=1S/C15H22Cl2N2O/c1-4-14(12-6-5-11(16)7-13(12)17)18-9-15(20)19-8-10(2)3/h5-7,10,14,18H,4,8-9H2,1-3H3,(H,19,20). The third-order valence-electron chi connectivity index (χ3n) is 2.96. The summed E-state index contributed by atoms with van der Waals surface area (Å²) in [5.41, 5.74) is 0.968. The Balaban J connectivity index is 2.57. The number of halogens is 2. The van der Waals surface area contributed by atoms with Gasteiger partial charge in [-0.2, -0.15) is 0 Å². The van der Waals surface area contributed by atoms with Crippen LogP contribution < -0.4 is 10.6 Å². The smallest absolute Gasteiger partial charge is 0.233 e. The van der Waals surface area contributed by atoms with Crippen LogP contribution in [0.25, 0.3) is 0 Å². The molecule has 0 aliphatic heterocycles. The molecule has 0 saturated carbocycles. The molecule has 0 radical (unpaired) electrons. The number of benzene rings is 1. The van der Waals surface area contributed by atoms with Crippen LogP contribution in [-0.4, -0.2) is 19.0 Å². The van der Waals surface area contributed by atoms with Crippen LogP contribution in [0, 0.1) is 5.92 Å². The summed E-state index contributed by atoms with van der Waals surface area (Å²) in [4.78, 5) is 11.7. The number of hydrogen-bond acceptors (Lipinski definition) is 2. The zero-order chi connectivity index (χ0) is 15.1. The van der Waals surface area contributed by atoms with Crippen molar-refractivity contribution in [1.29, 1.82) is 0 Å². The average molecular weight is 317 g/mol. The van der Waals surface area contributed by atoms with Crippen molar-refractivity contribution >= 4 is 29.1 Å². The lowest BCUT2D eigenvalue weighted by Gasteiger charge is -2.19. The molecule has 0 aliphatic carbocycles. The molecule has 5 heteroatoms. The fourth-order valence-electron chi connectivity index (χ4n) is 1.85. The van der Waals surface area contributed by atoms with E-state index in [1.165, 1.54) is 0 Å². The van der Waals surface area contributed by atoms with Crippen molar-refractivity contribution in [2.75, 3.05) is 13.1 Å². The number of amides is 1. The van der Waals surface area contributed by atoms with Gasteiger partial charge >= 0.3 is 0 Å². The molecule has 0 bridgehead atoms. The average Bonchev–Trinajstić information content (AvgIpc) is 2.38. The molecule has 0 fully saturated rings. The van der Waals surface area contributed by atoms with Crippen LogP contribution in [0.5, 0.6) is 0 Å². The number of rotatable bonds is 7. The van der Waals surface area contributed by atoms with E-state index >= 15 is 0 Å². The van der Waals surface area contributed by atoms with E-state index in [1.54, 1.807) is 6.07 Å². The lowest BCUT2D eigenvalue weighted by Crippen LogP contribution is -2.37. The zero-order valence-electron chi connectivity index (χ0n) is 12.2. The number of nitrogens with one attached hydrogen (secondary N) is 2. The molecule has 0 saturated heterocycles. The Morgan fingerprint density at radius 3 is 2.55 bits per heavy atom. The molecule has 1 rings (SSSR count). The fraction of sp³-hybridized carbons (Fsp3) is 0.533. The van der Waals surface area contributed by atoms with Crippen molar-refractivity contribution in [1.82, 2.24) is 10.6 Å². The molecule has 3 nitrogen and oxygen atoms in total. The molecule has 1 aromatic carbocycles. The summed E-state index contributed by atoms with van der Waals surface area (Å²) in [6, 6.07) is 5.48.